The first-order valence-corrected chi connectivity index (χ1v) is 14.9. The summed E-state index contributed by atoms with van der Waals surface area (Å²) in [5, 5.41) is -1.24. The standard InChI is InChI=1S/C4H12BrP.C4H12ClP/c2*1-6(2,3,4)5/h2*1-4H3. The third kappa shape index (κ3) is 495. The number of halogens is 2. The zero-order valence-corrected chi connectivity index (χ0v) is 13.8. The molecule has 4 heteroatoms. The van der Waals surface area contributed by atoms with E-state index in [1.807, 2.05) is 0 Å². The topological polar surface area (TPSA) is 0 Å². The molecule has 0 spiro atoms. The molecule has 0 N–H and O–H groups in total. The zero-order valence-electron chi connectivity index (χ0n) is 9.65. The second-order valence-electron chi connectivity index (χ2n) is 6.72. The molecule has 0 aliphatic carbocycles. The summed E-state index contributed by atoms with van der Waals surface area (Å²) in [7, 11) is 0. The van der Waals surface area contributed by atoms with Crippen LogP contribution in [-0.4, -0.2) is 53.3 Å². The van der Waals surface area contributed by atoms with Crippen molar-refractivity contribution in [1.29, 1.82) is 0 Å². The van der Waals surface area contributed by atoms with E-state index in [1.165, 1.54) is 0 Å². The van der Waals surface area contributed by atoms with Crippen LogP contribution < -0.4 is 0 Å². The second-order valence-corrected chi connectivity index (χ2v) is 32.7. The third-order valence-electron chi connectivity index (χ3n) is 0. The molecule has 0 saturated carbocycles. The van der Waals surface area contributed by atoms with Gasteiger partial charge in [-0.1, -0.05) is 0 Å². The van der Waals surface area contributed by atoms with Crippen LogP contribution in [0.3, 0.4) is 0 Å². The Kier molecular flexibility index (Phi) is 4.89. The average Bonchev–Trinajstić information content (AvgIpc) is 1.02. The molecule has 0 radical (unpaired) electrons. The molecular weight excluding hydrogens is 273 g/mol. The average molecular weight is 298 g/mol. The van der Waals surface area contributed by atoms with Crippen molar-refractivity contribution in [3.05, 3.63) is 0 Å². The molecule has 0 saturated heterocycles. The van der Waals surface area contributed by atoms with Crippen LogP contribution in [0.2, 0.25) is 0 Å². The molecule has 0 nitrogen and oxygen atoms in total. The fourth-order valence-electron chi connectivity index (χ4n) is 0. The van der Waals surface area contributed by atoms with Crippen molar-refractivity contribution < 1.29 is 0 Å². The van der Waals surface area contributed by atoms with Crippen molar-refractivity contribution in [3.63, 3.8) is 0 Å². The minimum atomic E-state index is -1.58. The van der Waals surface area contributed by atoms with Crippen LogP contribution in [0, 0.1) is 0 Å². The van der Waals surface area contributed by atoms with Gasteiger partial charge in [0.2, 0.25) is 0 Å². The molecule has 0 aliphatic heterocycles. The van der Waals surface area contributed by atoms with Crippen molar-refractivity contribution in [2.75, 3.05) is 53.3 Å². The van der Waals surface area contributed by atoms with Gasteiger partial charge in [0.1, 0.15) is 0 Å². The molecule has 80 valence electrons. The van der Waals surface area contributed by atoms with Crippen LogP contribution in [0.1, 0.15) is 0 Å². The van der Waals surface area contributed by atoms with Gasteiger partial charge in [0.25, 0.3) is 0 Å². The Hall–Kier alpha value is 1.63. The van der Waals surface area contributed by atoms with Crippen LogP contribution >= 0.6 is 38.0 Å². The molecule has 0 aromatic heterocycles. The van der Waals surface area contributed by atoms with E-state index in [1.54, 1.807) is 0 Å². The van der Waals surface area contributed by atoms with E-state index in [0.29, 0.717) is 0 Å². The van der Waals surface area contributed by atoms with Gasteiger partial charge in [-0.2, -0.15) is 0 Å². The van der Waals surface area contributed by atoms with Crippen LogP contribution in [0.15, 0.2) is 0 Å². The summed E-state index contributed by atoms with van der Waals surface area (Å²) in [5.74, 6) is -1.58. The Bertz CT molecular complexity index is 103. The molecule has 0 atom stereocenters. The Morgan fingerprint density at radius 1 is 0.750 bits per heavy atom. The van der Waals surface area contributed by atoms with Crippen molar-refractivity contribution >= 4 is 38.0 Å². The molecule has 0 aromatic carbocycles. The normalized spacial score (nSPS) is 19.2. The van der Waals surface area contributed by atoms with Gasteiger partial charge in [-0.3, -0.25) is 0 Å². The summed E-state index contributed by atoms with van der Waals surface area (Å²) in [5.41, 5.74) is 0. The molecule has 0 rings (SSSR count). The quantitative estimate of drug-likeness (QED) is 0.574. The SMILES string of the molecule is CP(C)(C)(C)Br.CP(C)(C)(C)Cl. The maximum atomic E-state index is 5.92. The monoisotopic (exact) mass is 296 g/mol. The first-order valence-electron chi connectivity index (χ1n) is 3.92. The first kappa shape index (κ1) is 16.1. The Balaban J connectivity index is 0. The van der Waals surface area contributed by atoms with Gasteiger partial charge in [-0.25, -0.2) is 0 Å². The van der Waals surface area contributed by atoms with E-state index in [0.717, 1.165) is 0 Å². The molecule has 0 aliphatic rings. The van der Waals surface area contributed by atoms with Crippen LogP contribution in [-0.2, 0) is 0 Å². The molecule has 0 heterocycles. The molecule has 0 unspecified atom stereocenters. The fraction of sp³-hybridized carbons (Fsp3) is 1.00. The van der Waals surface area contributed by atoms with Crippen LogP contribution in [0.5, 0.6) is 0 Å². The molecule has 0 aromatic rings. The van der Waals surface area contributed by atoms with Gasteiger partial charge in [-0.15, -0.1) is 0 Å². The maximum absolute atomic E-state index is 5.92. The summed E-state index contributed by atoms with van der Waals surface area (Å²) < 4.78 is 0. The molecule has 0 amide bonds. The van der Waals surface area contributed by atoms with Crippen LogP contribution in [0.4, 0.5) is 0 Å². The summed E-state index contributed by atoms with van der Waals surface area (Å²) >= 11 is 9.53. The molecule has 0 bridgehead atoms. The zero-order chi connectivity index (χ0) is 10.9. The summed E-state index contributed by atoms with van der Waals surface area (Å²) in [6.07, 6.45) is 0. The van der Waals surface area contributed by atoms with Gasteiger partial charge in [-0.05, 0) is 0 Å². The number of hydrogen-bond acceptors (Lipinski definition) is 0. The van der Waals surface area contributed by atoms with Gasteiger partial charge >= 0.3 is 91.3 Å². The van der Waals surface area contributed by atoms with Crippen molar-refractivity contribution in [3.8, 4) is 0 Å². The Morgan fingerprint density at radius 2 is 0.750 bits per heavy atom. The van der Waals surface area contributed by atoms with Gasteiger partial charge in [0, 0.05) is 0 Å². The van der Waals surface area contributed by atoms with Gasteiger partial charge in [0.15, 0.2) is 0 Å². The third-order valence-corrected chi connectivity index (χ3v) is 0. The Morgan fingerprint density at radius 3 is 0.750 bits per heavy atom. The summed E-state index contributed by atoms with van der Waals surface area (Å²) in [4.78, 5) is 0. The molecule has 0 fully saturated rings. The summed E-state index contributed by atoms with van der Waals surface area (Å²) in [6, 6.07) is 0. The van der Waals surface area contributed by atoms with E-state index in [2.05, 4.69) is 68.8 Å². The predicted octanol–water partition coefficient (Wildman–Crippen LogP) is 4.58. The van der Waals surface area contributed by atoms with Gasteiger partial charge < -0.3 is 0 Å². The number of hydrogen-bond donors (Lipinski definition) is 0. The van der Waals surface area contributed by atoms with Crippen molar-refractivity contribution in [1.82, 2.24) is 0 Å². The number of rotatable bonds is 0. The molecular formula is C8H24BrClP2. The summed E-state index contributed by atoms with van der Waals surface area (Å²) in [6.45, 7) is 17.4. The molecule has 12 heavy (non-hydrogen) atoms. The van der Waals surface area contributed by atoms with Gasteiger partial charge in [0.05, 0.1) is 0 Å². The van der Waals surface area contributed by atoms with E-state index >= 15 is 0 Å². The first-order chi connectivity index (χ1) is 4.47. The Labute approximate surface area is 91.2 Å². The van der Waals surface area contributed by atoms with Crippen molar-refractivity contribution in [2.45, 2.75) is 0 Å². The van der Waals surface area contributed by atoms with E-state index in [9.17, 15) is 0 Å². The van der Waals surface area contributed by atoms with E-state index in [-0.39, 0.29) is 0 Å². The van der Waals surface area contributed by atoms with E-state index in [4.69, 9.17) is 11.2 Å². The predicted molar refractivity (Wildman–Crippen MR) is 76.0 cm³/mol. The minimum absolute atomic E-state index is 1.24. The second kappa shape index (κ2) is 3.65. The van der Waals surface area contributed by atoms with Crippen LogP contribution in [0.25, 0.3) is 0 Å². The van der Waals surface area contributed by atoms with E-state index < -0.39 is 11.3 Å². The van der Waals surface area contributed by atoms with Crippen molar-refractivity contribution in [2.24, 2.45) is 0 Å². The fourth-order valence-corrected chi connectivity index (χ4v) is 0.